The molecule has 3 aromatic carbocycles. The first-order valence-electron chi connectivity index (χ1n) is 16.3. The van der Waals surface area contributed by atoms with Crippen molar-refractivity contribution in [3.05, 3.63) is 97.0 Å². The highest BCUT2D eigenvalue weighted by molar-refractivity contribution is 6.00. The van der Waals surface area contributed by atoms with Crippen LogP contribution < -0.4 is 16.0 Å². The minimum atomic E-state index is -0.803. The first kappa shape index (κ1) is 33.6. The van der Waals surface area contributed by atoms with Crippen LogP contribution in [0.25, 0.3) is 27.9 Å². The number of rotatable bonds is 11. The Morgan fingerprint density at radius 1 is 1.08 bits per heavy atom. The minimum absolute atomic E-state index is 0.0584. The number of ether oxygens (including phenoxy) is 1. The maximum absolute atomic E-state index is 13.8. The van der Waals surface area contributed by atoms with Gasteiger partial charge in [0.15, 0.2) is 0 Å². The first-order valence-corrected chi connectivity index (χ1v) is 16.3. The lowest BCUT2D eigenvalue weighted by Crippen LogP contribution is -2.51. The van der Waals surface area contributed by atoms with Gasteiger partial charge in [-0.05, 0) is 85.4 Å². The number of fused-ring (bicyclic) bond motifs is 1. The number of methoxy groups -OCH3 is 1. The largest absolute Gasteiger partial charge is 0.405 e. The van der Waals surface area contributed by atoms with Gasteiger partial charge >= 0.3 is 0 Å². The summed E-state index contributed by atoms with van der Waals surface area (Å²) >= 11 is 0. The molecule has 2 aliphatic heterocycles. The number of benzene rings is 3. The van der Waals surface area contributed by atoms with Crippen molar-refractivity contribution in [2.75, 3.05) is 69.7 Å². The predicted molar refractivity (Wildman–Crippen MR) is 192 cm³/mol. The number of allylic oxidation sites excluding steroid dienone is 1. The number of likely N-dealkylation sites (tertiary alicyclic amines) is 1. The number of piperazine rings is 1. The van der Waals surface area contributed by atoms with E-state index < -0.39 is 5.41 Å². The van der Waals surface area contributed by atoms with Crippen molar-refractivity contribution >= 4 is 46.0 Å². The third kappa shape index (κ3) is 7.55. The number of hydrogen-bond donors (Lipinski definition) is 3. The van der Waals surface area contributed by atoms with E-state index in [0.717, 1.165) is 40.8 Å². The van der Waals surface area contributed by atoms with Crippen molar-refractivity contribution in [3.63, 3.8) is 0 Å². The van der Waals surface area contributed by atoms with E-state index in [1.165, 1.54) is 18.3 Å². The lowest BCUT2D eigenvalue weighted by molar-refractivity contribution is -0.133. The summed E-state index contributed by atoms with van der Waals surface area (Å²) in [6, 6.07) is 19.8. The molecular formula is C37H41FN8O3. The predicted octanol–water partition coefficient (Wildman–Crippen LogP) is 4.51. The van der Waals surface area contributed by atoms with Gasteiger partial charge in [-0.1, -0.05) is 18.7 Å². The van der Waals surface area contributed by atoms with Crippen molar-refractivity contribution in [2.45, 2.75) is 6.42 Å². The van der Waals surface area contributed by atoms with Crippen LogP contribution in [0.4, 0.5) is 15.8 Å². The van der Waals surface area contributed by atoms with Crippen LogP contribution in [0.15, 0.2) is 90.6 Å². The van der Waals surface area contributed by atoms with E-state index >= 15 is 0 Å². The Bertz CT molecular complexity index is 1860. The fraction of sp³-hybridized carbons (Fsp3) is 0.297. The Balaban J connectivity index is 1.04. The van der Waals surface area contributed by atoms with Crippen molar-refractivity contribution in [1.82, 2.24) is 20.0 Å². The molecule has 4 N–H and O–H groups in total. The summed E-state index contributed by atoms with van der Waals surface area (Å²) < 4.78 is 19.0. The second kappa shape index (κ2) is 14.8. The Hall–Kier alpha value is -5.33. The molecule has 0 spiro atoms. The lowest BCUT2D eigenvalue weighted by atomic mass is 9.87. The third-order valence-corrected chi connectivity index (χ3v) is 9.26. The molecule has 2 aliphatic rings. The monoisotopic (exact) mass is 664 g/mol. The summed E-state index contributed by atoms with van der Waals surface area (Å²) in [5.74, 6) is -0.416. The number of carbonyl (C=O) groups is 2. The van der Waals surface area contributed by atoms with Crippen LogP contribution in [-0.4, -0.2) is 97.6 Å². The van der Waals surface area contributed by atoms with Gasteiger partial charge in [-0.3, -0.25) is 24.6 Å². The molecule has 6 rings (SSSR count). The molecule has 2 amide bonds. The van der Waals surface area contributed by atoms with Crippen molar-refractivity contribution in [1.29, 1.82) is 0 Å². The number of nitrogens with one attached hydrogen (secondary N) is 2. The molecule has 3 heterocycles. The first-order chi connectivity index (χ1) is 23.8. The SMILES string of the molecule is C=C(N=C/C=C\N)c1ccc(N2CCN(C(=O)CN3CCC(COC)(C(=O)Nc4ccc5[nH]nc(-c6ccc(F)cc6)c5c4)C3)CC2)cc1. The van der Waals surface area contributed by atoms with E-state index in [0.29, 0.717) is 49.7 Å². The van der Waals surface area contributed by atoms with Gasteiger partial charge in [0.25, 0.3) is 0 Å². The van der Waals surface area contributed by atoms with Crippen LogP contribution in [0.2, 0.25) is 0 Å². The highest BCUT2D eigenvalue weighted by Gasteiger charge is 2.45. The highest BCUT2D eigenvalue weighted by atomic mass is 19.1. The number of anilines is 2. The molecule has 0 radical (unpaired) electrons. The van der Waals surface area contributed by atoms with E-state index in [4.69, 9.17) is 10.5 Å². The molecule has 12 heteroatoms. The summed E-state index contributed by atoms with van der Waals surface area (Å²) in [5, 5.41) is 11.3. The molecule has 11 nitrogen and oxygen atoms in total. The zero-order valence-electron chi connectivity index (χ0n) is 27.6. The lowest BCUT2D eigenvalue weighted by Gasteiger charge is -2.37. The molecule has 0 bridgehead atoms. The van der Waals surface area contributed by atoms with Crippen LogP contribution in [0.1, 0.15) is 12.0 Å². The summed E-state index contributed by atoms with van der Waals surface area (Å²) in [5.41, 5.74) is 10.1. The molecule has 1 aromatic heterocycles. The van der Waals surface area contributed by atoms with Gasteiger partial charge in [-0.15, -0.1) is 0 Å². The number of halogens is 1. The number of carbonyl (C=O) groups excluding carboxylic acids is 2. The van der Waals surface area contributed by atoms with Crippen molar-refractivity contribution in [3.8, 4) is 11.3 Å². The normalized spacial score (nSPS) is 18.6. The maximum atomic E-state index is 13.8. The number of aromatic amines is 1. The van der Waals surface area contributed by atoms with Crippen LogP contribution in [0.5, 0.6) is 0 Å². The molecule has 2 fully saturated rings. The Kier molecular flexibility index (Phi) is 10.2. The Morgan fingerprint density at radius 3 is 2.55 bits per heavy atom. The van der Waals surface area contributed by atoms with Gasteiger partial charge in [0.1, 0.15) is 5.82 Å². The zero-order valence-corrected chi connectivity index (χ0v) is 27.6. The molecule has 1 unspecified atom stereocenters. The van der Waals surface area contributed by atoms with Gasteiger partial charge in [-0.25, -0.2) is 4.39 Å². The average molecular weight is 665 g/mol. The number of H-pyrrole nitrogens is 1. The minimum Gasteiger partial charge on any atom is -0.405 e. The topological polar surface area (TPSA) is 132 Å². The second-order valence-electron chi connectivity index (χ2n) is 12.5. The summed E-state index contributed by atoms with van der Waals surface area (Å²) in [6.07, 6.45) is 5.25. The van der Waals surface area contributed by atoms with E-state index in [9.17, 15) is 14.0 Å². The summed E-state index contributed by atoms with van der Waals surface area (Å²) in [7, 11) is 1.59. The van der Waals surface area contributed by atoms with Gasteiger partial charge in [0.05, 0.1) is 35.5 Å². The standard InChI is InChI=1S/C37H41FN8O3/c1-26(40-16-3-15-39)27-6-11-31(12-7-27)45-18-20-46(21-19-45)34(47)23-44-17-14-37(24-44,25-49-2)36(48)41-30-10-13-33-32(22-30)35(43-42-33)28-4-8-29(38)9-5-28/h3-13,15-16,22H,1,14,17-21,23-25,39H2,2H3,(H,41,48)(H,42,43)/b15-3-,40-16?. The fourth-order valence-corrected chi connectivity index (χ4v) is 6.55. The maximum Gasteiger partial charge on any atom is 0.236 e. The fourth-order valence-electron chi connectivity index (χ4n) is 6.55. The second-order valence-corrected chi connectivity index (χ2v) is 12.5. The number of nitrogens with zero attached hydrogens (tertiary/aromatic N) is 5. The number of amides is 2. The van der Waals surface area contributed by atoms with Crippen LogP contribution in [-0.2, 0) is 14.3 Å². The zero-order chi connectivity index (χ0) is 34.4. The smallest absolute Gasteiger partial charge is 0.236 e. The molecule has 254 valence electrons. The number of aliphatic imine (C=N–C) groups is 1. The summed E-state index contributed by atoms with van der Waals surface area (Å²) in [6.45, 7) is 8.21. The van der Waals surface area contributed by atoms with E-state index in [2.05, 4.69) is 49.0 Å². The quantitative estimate of drug-likeness (QED) is 0.201. The third-order valence-electron chi connectivity index (χ3n) is 9.26. The van der Waals surface area contributed by atoms with E-state index in [1.54, 1.807) is 31.5 Å². The molecule has 0 aliphatic carbocycles. The van der Waals surface area contributed by atoms with Crippen LogP contribution >= 0.6 is 0 Å². The van der Waals surface area contributed by atoms with Crippen molar-refractivity contribution < 1.29 is 18.7 Å². The molecule has 4 aromatic rings. The van der Waals surface area contributed by atoms with E-state index in [-0.39, 0.29) is 30.8 Å². The molecule has 0 saturated carbocycles. The van der Waals surface area contributed by atoms with Gasteiger partial charge in [0, 0.05) is 68.4 Å². The molecule has 2 saturated heterocycles. The highest BCUT2D eigenvalue weighted by Crippen LogP contribution is 2.34. The number of nitrogens with two attached hydrogens (primary N) is 1. The average Bonchev–Trinajstić information content (AvgIpc) is 3.73. The summed E-state index contributed by atoms with van der Waals surface area (Å²) in [4.78, 5) is 37.7. The number of aromatic nitrogens is 2. The molecule has 49 heavy (non-hydrogen) atoms. The van der Waals surface area contributed by atoms with Crippen LogP contribution in [0, 0.1) is 11.2 Å². The molecule has 1 atom stereocenters. The van der Waals surface area contributed by atoms with Gasteiger partial charge < -0.3 is 25.6 Å². The van der Waals surface area contributed by atoms with Gasteiger partial charge in [0.2, 0.25) is 11.8 Å². The van der Waals surface area contributed by atoms with Crippen LogP contribution in [0.3, 0.4) is 0 Å². The van der Waals surface area contributed by atoms with Crippen molar-refractivity contribution in [2.24, 2.45) is 16.1 Å². The number of hydrogen-bond acceptors (Lipinski definition) is 8. The van der Waals surface area contributed by atoms with Gasteiger partial charge in [-0.2, -0.15) is 5.10 Å². The Labute approximate surface area is 284 Å². The Morgan fingerprint density at radius 2 is 1.84 bits per heavy atom. The molecular weight excluding hydrogens is 623 g/mol. The van der Waals surface area contributed by atoms with E-state index in [1.807, 2.05) is 35.2 Å².